The van der Waals surface area contributed by atoms with E-state index in [-0.39, 0.29) is 25.2 Å². The van der Waals surface area contributed by atoms with E-state index in [1.54, 1.807) is 0 Å². The van der Waals surface area contributed by atoms with E-state index in [1.807, 2.05) is 32.9 Å². The summed E-state index contributed by atoms with van der Waals surface area (Å²) in [6, 6.07) is 12.6. The molecule has 2 atom stereocenters. The topological polar surface area (TPSA) is 88.4 Å². The van der Waals surface area contributed by atoms with Gasteiger partial charge < -0.3 is 29.5 Å². The lowest BCUT2D eigenvalue weighted by Gasteiger charge is -2.34. The van der Waals surface area contributed by atoms with Gasteiger partial charge in [-0.1, -0.05) is 77.1 Å². The van der Waals surface area contributed by atoms with Crippen LogP contribution in [0.25, 0.3) is 0 Å². The van der Waals surface area contributed by atoms with Crippen molar-refractivity contribution in [2.24, 2.45) is 0 Å². The van der Waals surface area contributed by atoms with E-state index in [1.165, 1.54) is 36.8 Å². The molecule has 0 saturated heterocycles. The summed E-state index contributed by atoms with van der Waals surface area (Å²) in [5, 5.41) is 29.6. The molecular formula is C35H56O6. The van der Waals surface area contributed by atoms with E-state index in [0.717, 1.165) is 42.6 Å². The Morgan fingerprint density at radius 3 is 1.73 bits per heavy atom. The summed E-state index contributed by atoms with van der Waals surface area (Å²) in [7, 11) is 0. The lowest BCUT2D eigenvalue weighted by atomic mass is 9.70. The summed E-state index contributed by atoms with van der Waals surface area (Å²) < 4.78 is 17.9. The second-order valence-electron chi connectivity index (χ2n) is 11.9. The number of rotatable bonds is 20. The zero-order chi connectivity index (χ0) is 30.5. The highest BCUT2D eigenvalue weighted by atomic mass is 16.5. The maximum Gasteiger partial charge on any atom is 0.122 e. The molecule has 232 valence electrons. The molecule has 2 aromatic rings. The molecule has 0 heterocycles. The fourth-order valence-corrected chi connectivity index (χ4v) is 5.37. The van der Waals surface area contributed by atoms with Gasteiger partial charge in [0, 0.05) is 12.0 Å². The van der Waals surface area contributed by atoms with E-state index >= 15 is 0 Å². The first kappa shape index (κ1) is 35.1. The first-order chi connectivity index (χ1) is 19.5. The molecule has 0 aromatic heterocycles. The Morgan fingerprint density at radius 1 is 0.732 bits per heavy atom. The van der Waals surface area contributed by atoms with E-state index in [4.69, 9.17) is 19.3 Å². The van der Waals surface area contributed by atoms with E-state index in [2.05, 4.69) is 52.0 Å². The van der Waals surface area contributed by atoms with Crippen molar-refractivity contribution in [3.05, 3.63) is 58.7 Å². The molecule has 0 radical (unpaired) electrons. The minimum atomic E-state index is -0.895. The molecule has 2 aromatic carbocycles. The van der Waals surface area contributed by atoms with Gasteiger partial charge in [0.15, 0.2) is 0 Å². The van der Waals surface area contributed by atoms with Gasteiger partial charge >= 0.3 is 0 Å². The lowest BCUT2D eigenvalue weighted by molar-refractivity contribution is -0.113. The first-order valence-electron chi connectivity index (χ1n) is 15.6. The molecular weight excluding hydrogens is 516 g/mol. The van der Waals surface area contributed by atoms with Gasteiger partial charge in [-0.2, -0.15) is 0 Å². The number of hydrogen-bond donors (Lipinski definition) is 3. The predicted octanol–water partition coefficient (Wildman–Crippen LogP) is 7.04. The third-order valence-electron chi connectivity index (χ3n) is 8.48. The third-order valence-corrected chi connectivity index (χ3v) is 8.48. The highest BCUT2D eigenvalue weighted by molar-refractivity contribution is 5.48. The van der Waals surface area contributed by atoms with Crippen LogP contribution in [0.5, 0.6) is 11.5 Å². The maximum atomic E-state index is 10.9. The van der Waals surface area contributed by atoms with Crippen LogP contribution in [-0.2, 0) is 10.2 Å². The number of aryl methyl sites for hydroxylation is 2. The van der Waals surface area contributed by atoms with Crippen molar-refractivity contribution >= 4 is 0 Å². The molecule has 6 nitrogen and oxygen atoms in total. The van der Waals surface area contributed by atoms with Crippen molar-refractivity contribution in [2.45, 2.75) is 123 Å². The molecule has 3 N–H and O–H groups in total. The van der Waals surface area contributed by atoms with Gasteiger partial charge in [0.05, 0.1) is 12.2 Å². The van der Waals surface area contributed by atoms with Crippen molar-refractivity contribution in [1.29, 1.82) is 0 Å². The molecule has 0 aliphatic rings. The van der Waals surface area contributed by atoms with Gasteiger partial charge in [-0.15, -0.1) is 0 Å². The van der Waals surface area contributed by atoms with Crippen molar-refractivity contribution in [1.82, 2.24) is 0 Å². The summed E-state index contributed by atoms with van der Waals surface area (Å²) >= 11 is 0. The fourth-order valence-electron chi connectivity index (χ4n) is 5.37. The Hall–Kier alpha value is -2.12. The number of ether oxygens (including phenoxy) is 3. The normalized spacial score (nSPS) is 13.7. The van der Waals surface area contributed by atoms with Gasteiger partial charge in [-0.3, -0.25) is 0 Å². The van der Waals surface area contributed by atoms with Crippen LogP contribution >= 0.6 is 0 Å². The average molecular weight is 573 g/mol. The summed E-state index contributed by atoms with van der Waals surface area (Å²) in [4.78, 5) is 0. The van der Waals surface area contributed by atoms with Crippen LogP contribution in [0.1, 0.15) is 108 Å². The number of hydrogen-bond acceptors (Lipinski definition) is 6. The maximum absolute atomic E-state index is 10.9. The molecule has 0 fully saturated rings. The van der Waals surface area contributed by atoms with Crippen LogP contribution in [0, 0.1) is 13.8 Å². The molecule has 6 heteroatoms. The molecule has 0 unspecified atom stereocenters. The van der Waals surface area contributed by atoms with E-state index in [9.17, 15) is 10.2 Å². The van der Waals surface area contributed by atoms with Gasteiger partial charge in [0.25, 0.3) is 0 Å². The molecule has 0 amide bonds. The summed E-state index contributed by atoms with van der Waals surface area (Å²) in [5.74, 6) is 1.47. The summed E-state index contributed by atoms with van der Waals surface area (Å²) in [6.07, 6.45) is 7.46. The van der Waals surface area contributed by atoms with Gasteiger partial charge in [0.2, 0.25) is 0 Å². The van der Waals surface area contributed by atoms with Crippen molar-refractivity contribution in [3.8, 4) is 11.5 Å². The quantitative estimate of drug-likeness (QED) is 0.148. The zero-order valence-corrected chi connectivity index (χ0v) is 26.7. The largest absolute Gasteiger partial charge is 0.491 e. The number of aliphatic hydroxyl groups excluding tert-OH is 3. The van der Waals surface area contributed by atoms with Crippen LogP contribution in [0.4, 0.5) is 0 Å². The minimum absolute atomic E-state index is 0.0567. The molecule has 0 saturated carbocycles. The highest BCUT2D eigenvalue weighted by Crippen LogP contribution is 2.41. The first-order valence-corrected chi connectivity index (χ1v) is 15.6. The number of benzene rings is 2. The van der Waals surface area contributed by atoms with Crippen LogP contribution < -0.4 is 9.47 Å². The lowest BCUT2D eigenvalue weighted by Crippen LogP contribution is -2.43. The Kier molecular flexibility index (Phi) is 14.6. The van der Waals surface area contributed by atoms with E-state index < -0.39 is 17.8 Å². The van der Waals surface area contributed by atoms with Crippen LogP contribution in [0.15, 0.2) is 36.4 Å². The predicted molar refractivity (Wildman–Crippen MR) is 167 cm³/mol. The van der Waals surface area contributed by atoms with Gasteiger partial charge in [0.1, 0.15) is 36.9 Å². The Labute approximate surface area is 249 Å². The van der Waals surface area contributed by atoms with Crippen molar-refractivity contribution in [3.63, 3.8) is 0 Å². The van der Waals surface area contributed by atoms with E-state index in [0.29, 0.717) is 12.4 Å². The van der Waals surface area contributed by atoms with Crippen LogP contribution in [0.2, 0.25) is 0 Å². The molecule has 0 aliphatic carbocycles. The molecule has 0 spiro atoms. The van der Waals surface area contributed by atoms with Crippen LogP contribution in [-0.4, -0.2) is 59.6 Å². The highest BCUT2D eigenvalue weighted by Gasteiger charge is 2.32. The Balaban J connectivity index is 2.07. The Morgan fingerprint density at radius 2 is 1.24 bits per heavy atom. The standard InChI is InChI=1S/C35H56O6/c1-8-11-12-13-14-15-20-41-34(6,7)33(38)25-40-32-19-17-29(22-27(32)5)35(9-2,10-3)28-16-18-31(26(4)21-28)39-24-30(37)23-36/h16-19,21-22,30,33,36-38H,8-15,20,23-25H2,1-7H3/t30-,33+/m0/s1. The smallest absolute Gasteiger partial charge is 0.122 e. The zero-order valence-electron chi connectivity index (χ0n) is 26.7. The third kappa shape index (κ3) is 9.99. The van der Waals surface area contributed by atoms with Gasteiger partial charge in [-0.25, -0.2) is 0 Å². The molecule has 0 bridgehead atoms. The Bertz CT molecular complexity index is 1030. The SMILES string of the molecule is CCCCCCCCOC(C)(C)[C@H](O)COc1ccc(C(CC)(CC)c2ccc(OC[C@@H](O)CO)c(C)c2)cc1C. The molecule has 2 rings (SSSR count). The van der Waals surface area contributed by atoms with Crippen molar-refractivity contribution < 1.29 is 29.5 Å². The number of aliphatic hydroxyl groups is 3. The second-order valence-corrected chi connectivity index (χ2v) is 11.9. The average Bonchev–Trinajstić information content (AvgIpc) is 2.96. The monoisotopic (exact) mass is 572 g/mol. The second kappa shape index (κ2) is 17.1. The van der Waals surface area contributed by atoms with Crippen molar-refractivity contribution in [2.75, 3.05) is 26.4 Å². The minimum Gasteiger partial charge on any atom is -0.491 e. The summed E-state index contributed by atoms with van der Waals surface area (Å²) in [5.41, 5.74) is 3.60. The molecule has 41 heavy (non-hydrogen) atoms. The fraction of sp³-hybridized carbons (Fsp3) is 0.657. The summed E-state index contributed by atoms with van der Waals surface area (Å²) in [6.45, 7) is 15.1. The van der Waals surface area contributed by atoms with Gasteiger partial charge in [-0.05, 0) is 81.3 Å². The molecule has 0 aliphatic heterocycles. The van der Waals surface area contributed by atoms with Crippen LogP contribution in [0.3, 0.4) is 0 Å². The number of unbranched alkanes of at least 4 members (excludes halogenated alkanes) is 5.